The Bertz CT molecular complexity index is 132. The normalized spacial score (nSPS) is 8.43. The zero-order valence-electron chi connectivity index (χ0n) is 5.79. The molecule has 0 fully saturated rings. The fourth-order valence-corrected chi connectivity index (χ4v) is 0. The minimum Gasteiger partial charge on any atom is -0.822 e. The minimum atomic E-state index is -5.39. The van der Waals surface area contributed by atoms with Gasteiger partial charge in [-0.2, -0.15) is 15.6 Å². The molecular formula is H4Cl4O8P2-6. The van der Waals surface area contributed by atoms with E-state index in [1.807, 2.05) is 0 Å². The molecular weight excluding hydrogens is 332 g/mol. The number of hydrogen-bond acceptors (Lipinski definition) is 8. The molecule has 0 amide bonds. The van der Waals surface area contributed by atoms with Crippen LogP contribution in [0, 0.1) is 0 Å². The summed E-state index contributed by atoms with van der Waals surface area (Å²) in [4.78, 5) is 51.3. The highest BCUT2D eigenvalue weighted by atomic mass is 35.5. The molecule has 96 valence electrons. The van der Waals surface area contributed by atoms with Crippen molar-refractivity contribution in [3.8, 4) is 0 Å². The fraction of sp³-hybridized carbons (Fsp3) is 0. The van der Waals surface area contributed by atoms with E-state index in [4.69, 9.17) is 38.5 Å². The third-order valence-electron chi connectivity index (χ3n) is 0. The van der Waals surface area contributed by atoms with Crippen molar-refractivity contribution < 1.29 is 38.5 Å². The molecule has 0 unspecified atom stereocenters. The Morgan fingerprint density at radius 1 is 0.500 bits per heavy atom. The number of halogens is 4. The van der Waals surface area contributed by atoms with E-state index in [2.05, 4.69) is 0 Å². The lowest BCUT2D eigenvalue weighted by Gasteiger charge is -2.36. The highest BCUT2D eigenvalue weighted by Gasteiger charge is 1.45. The molecule has 0 spiro atoms. The van der Waals surface area contributed by atoms with Crippen molar-refractivity contribution in [2.24, 2.45) is 0 Å². The largest absolute Gasteiger partial charge is 0.822 e. The Morgan fingerprint density at radius 3 is 0.500 bits per heavy atom. The molecule has 0 heterocycles. The van der Waals surface area contributed by atoms with E-state index in [0.29, 0.717) is 0 Å². The number of phosphoric acid groups is 2. The van der Waals surface area contributed by atoms with Gasteiger partial charge in [-0.1, -0.05) is 0 Å². The second-order valence-electron chi connectivity index (χ2n) is 0.894. The van der Waals surface area contributed by atoms with Gasteiger partial charge in [-0.3, -0.25) is 0 Å². The van der Waals surface area contributed by atoms with Gasteiger partial charge in [-0.15, -0.1) is 49.6 Å². The van der Waals surface area contributed by atoms with Gasteiger partial charge in [-0.25, -0.2) is 0 Å². The van der Waals surface area contributed by atoms with Crippen LogP contribution in [0.15, 0.2) is 0 Å². The van der Waals surface area contributed by atoms with Gasteiger partial charge in [0.2, 0.25) is 0 Å². The van der Waals surface area contributed by atoms with Crippen molar-refractivity contribution in [2.75, 3.05) is 0 Å². The molecule has 0 rings (SSSR count). The first-order valence-electron chi connectivity index (χ1n) is 1.46. The molecule has 0 aromatic heterocycles. The molecule has 0 atom stereocenters. The summed E-state index contributed by atoms with van der Waals surface area (Å²) in [5, 5.41) is 0. The predicted molar refractivity (Wildman–Crippen MR) is 44.2 cm³/mol. The standard InChI is InChI=1S/4ClH.2H3O4P/c;;;;2*1-5(2,3)4/h4*1H;2*(H3,1,2,3,4)/p-6. The molecule has 14 heavy (non-hydrogen) atoms. The van der Waals surface area contributed by atoms with Gasteiger partial charge in [0.25, 0.3) is 0 Å². The quantitative estimate of drug-likeness (QED) is 0.403. The van der Waals surface area contributed by atoms with Crippen LogP contribution in [0.2, 0.25) is 0 Å². The maximum absolute atomic E-state index is 8.55. The van der Waals surface area contributed by atoms with Crippen LogP contribution in [-0.4, -0.2) is 0 Å². The van der Waals surface area contributed by atoms with Gasteiger partial charge in [0.1, 0.15) is 0 Å². The number of hydrogen-bond donors (Lipinski definition) is 0. The zero-order chi connectivity index (χ0) is 9.00. The summed E-state index contributed by atoms with van der Waals surface area (Å²) < 4.78 is 17.1. The van der Waals surface area contributed by atoms with E-state index in [9.17, 15) is 0 Å². The van der Waals surface area contributed by atoms with Crippen molar-refractivity contribution in [1.82, 2.24) is 0 Å². The van der Waals surface area contributed by atoms with Gasteiger partial charge >= 0.3 is 0 Å². The second-order valence-corrected chi connectivity index (χ2v) is 2.68. The summed E-state index contributed by atoms with van der Waals surface area (Å²) in [7, 11) is -10.8. The molecule has 0 aliphatic heterocycles. The van der Waals surface area contributed by atoms with Crippen LogP contribution in [0.3, 0.4) is 0 Å². The third-order valence-corrected chi connectivity index (χ3v) is 0. The van der Waals surface area contributed by atoms with Crippen LogP contribution >= 0.6 is 65.3 Å². The first-order valence-corrected chi connectivity index (χ1v) is 4.38. The van der Waals surface area contributed by atoms with Crippen molar-refractivity contribution >= 4 is 65.3 Å². The predicted octanol–water partition coefficient (Wildman–Crippen LogP) is -3.96. The lowest BCUT2D eigenvalue weighted by molar-refractivity contribution is -0.434. The lowest BCUT2D eigenvalue weighted by atomic mass is 15.8. The van der Waals surface area contributed by atoms with Gasteiger partial charge in [0.05, 0.1) is 0 Å². The molecule has 8 nitrogen and oxygen atoms in total. The van der Waals surface area contributed by atoms with E-state index < -0.39 is 15.6 Å². The smallest absolute Gasteiger partial charge is 0.147 e. The minimum absolute atomic E-state index is 0. The van der Waals surface area contributed by atoms with Gasteiger partial charge in [-0.05, 0) is 0 Å². The van der Waals surface area contributed by atoms with Gasteiger partial charge < -0.3 is 38.5 Å². The van der Waals surface area contributed by atoms with Crippen molar-refractivity contribution in [2.45, 2.75) is 0 Å². The molecule has 0 radical (unpaired) electrons. The molecule has 0 saturated heterocycles. The maximum Gasteiger partial charge on any atom is -0.147 e. The van der Waals surface area contributed by atoms with Crippen molar-refractivity contribution in [3.63, 3.8) is 0 Å². The van der Waals surface area contributed by atoms with E-state index >= 15 is 0 Å². The monoisotopic (exact) mass is 334 g/mol. The Kier molecular flexibility index (Phi) is 37.1. The highest BCUT2D eigenvalue weighted by Crippen LogP contribution is 2.03. The molecule has 0 bridgehead atoms. The van der Waals surface area contributed by atoms with Crippen molar-refractivity contribution in [3.05, 3.63) is 0 Å². The molecule has 14 heteroatoms. The third kappa shape index (κ3) is 1080. The summed E-state index contributed by atoms with van der Waals surface area (Å²) >= 11 is 0. The van der Waals surface area contributed by atoms with E-state index in [1.165, 1.54) is 0 Å². The van der Waals surface area contributed by atoms with Crippen LogP contribution in [0.4, 0.5) is 0 Å². The second kappa shape index (κ2) is 14.4. The maximum atomic E-state index is 8.55. The van der Waals surface area contributed by atoms with Crippen LogP contribution in [0.25, 0.3) is 0 Å². The summed E-state index contributed by atoms with van der Waals surface area (Å²) in [5.41, 5.74) is 0. The Morgan fingerprint density at radius 2 is 0.500 bits per heavy atom. The molecule has 0 aromatic carbocycles. The molecule has 0 N–H and O–H groups in total. The molecule has 0 aliphatic rings. The SMILES string of the molecule is Cl.Cl.Cl.Cl.O=P([O-])([O-])[O-].O=P([O-])([O-])[O-]. The molecule has 0 aromatic rings. The van der Waals surface area contributed by atoms with Gasteiger partial charge in [0, 0.05) is 0 Å². The van der Waals surface area contributed by atoms with E-state index in [-0.39, 0.29) is 49.6 Å². The fourth-order valence-electron chi connectivity index (χ4n) is 0. The Hall–Kier alpha value is 1.38. The topological polar surface area (TPSA) is 172 Å². The molecule has 0 aliphatic carbocycles. The summed E-state index contributed by atoms with van der Waals surface area (Å²) in [6.45, 7) is 0. The highest BCUT2D eigenvalue weighted by molar-refractivity contribution is 7.40. The first-order chi connectivity index (χ1) is 4.00. The molecule has 0 saturated carbocycles. The van der Waals surface area contributed by atoms with E-state index in [0.717, 1.165) is 0 Å². The first kappa shape index (κ1) is 36.1. The summed E-state index contributed by atoms with van der Waals surface area (Å²) in [5.74, 6) is 0. The van der Waals surface area contributed by atoms with Crippen LogP contribution in [0.5, 0.6) is 0 Å². The number of rotatable bonds is 0. The van der Waals surface area contributed by atoms with Crippen LogP contribution < -0.4 is 29.4 Å². The van der Waals surface area contributed by atoms with Crippen LogP contribution in [-0.2, 0) is 9.13 Å². The van der Waals surface area contributed by atoms with E-state index in [1.54, 1.807) is 0 Å². The average molecular weight is 336 g/mol. The van der Waals surface area contributed by atoms with Crippen molar-refractivity contribution in [1.29, 1.82) is 0 Å². The lowest BCUT2D eigenvalue weighted by Crippen LogP contribution is -2.24. The summed E-state index contributed by atoms with van der Waals surface area (Å²) in [6.07, 6.45) is 0. The van der Waals surface area contributed by atoms with Gasteiger partial charge in [0.15, 0.2) is 0 Å². The van der Waals surface area contributed by atoms with Crippen LogP contribution in [0.1, 0.15) is 0 Å². The summed E-state index contributed by atoms with van der Waals surface area (Å²) in [6, 6.07) is 0. The Balaban J connectivity index is -0.0000000178. The average Bonchev–Trinajstić information content (AvgIpc) is 1.12. The zero-order valence-corrected chi connectivity index (χ0v) is 10.8. The Labute approximate surface area is 104 Å².